The summed E-state index contributed by atoms with van der Waals surface area (Å²) < 4.78 is 0. The van der Waals surface area contributed by atoms with Crippen molar-refractivity contribution in [1.29, 1.82) is 0 Å². The van der Waals surface area contributed by atoms with Crippen molar-refractivity contribution in [3.8, 4) is 33.4 Å². The van der Waals surface area contributed by atoms with Crippen LogP contribution in [0.2, 0.25) is 0 Å². The highest BCUT2D eigenvalue weighted by atomic mass is 15.1. The van der Waals surface area contributed by atoms with Gasteiger partial charge in [0, 0.05) is 22.4 Å². The van der Waals surface area contributed by atoms with Crippen molar-refractivity contribution in [2.45, 2.75) is 19.3 Å². The first kappa shape index (κ1) is 30.4. The molecular weight excluding hydrogens is 627 g/mol. The molecule has 0 fully saturated rings. The topological polar surface area (TPSA) is 3.24 Å². The van der Waals surface area contributed by atoms with Crippen LogP contribution in [0, 0.1) is 0 Å². The van der Waals surface area contributed by atoms with Crippen molar-refractivity contribution in [2.75, 3.05) is 4.90 Å². The second-order valence-corrected chi connectivity index (χ2v) is 14.5. The predicted octanol–water partition coefficient (Wildman–Crippen LogP) is 14.3. The van der Waals surface area contributed by atoms with Gasteiger partial charge in [-0.1, -0.05) is 172 Å². The summed E-state index contributed by atoms with van der Waals surface area (Å²) in [6, 6.07) is 69.2. The van der Waals surface area contributed by atoms with Crippen LogP contribution in [0.15, 0.2) is 188 Å². The maximum atomic E-state index is 2.47. The number of rotatable bonds is 5. The Morgan fingerprint density at radius 3 is 1.85 bits per heavy atom. The standard InChI is InChI=1S/C51H37N/c1-51(2)46-24-11-19-38-28-32-47(49(48(38)46)45-23-12-22-44(50(45)51)43-21-10-18-37-16-8-9-20-42(37)43)52(41-31-27-35-15-6-7-17-39(35)33-41)40-29-25-36(26-30-40)34-13-4-3-5-14-34/h3-33H,1-2H3. The van der Waals surface area contributed by atoms with Crippen LogP contribution < -0.4 is 4.90 Å². The van der Waals surface area contributed by atoms with E-state index < -0.39 is 0 Å². The number of hydrogen-bond acceptors (Lipinski definition) is 1. The third-order valence-electron chi connectivity index (χ3n) is 11.2. The highest BCUT2D eigenvalue weighted by Gasteiger charge is 2.37. The van der Waals surface area contributed by atoms with Crippen molar-refractivity contribution in [1.82, 2.24) is 0 Å². The highest BCUT2D eigenvalue weighted by molar-refractivity contribution is 6.12. The lowest BCUT2D eigenvalue weighted by atomic mass is 9.66. The Kier molecular flexibility index (Phi) is 6.91. The fourth-order valence-electron chi connectivity index (χ4n) is 8.78. The third kappa shape index (κ3) is 4.70. The van der Waals surface area contributed by atoms with Gasteiger partial charge in [0.05, 0.1) is 5.69 Å². The zero-order valence-corrected chi connectivity index (χ0v) is 29.3. The molecule has 0 heterocycles. The molecule has 0 N–H and O–H groups in total. The zero-order chi connectivity index (χ0) is 34.8. The maximum Gasteiger partial charge on any atom is 0.0546 e. The van der Waals surface area contributed by atoms with Crippen LogP contribution in [0.25, 0.3) is 65.7 Å². The quantitative estimate of drug-likeness (QED) is 0.177. The smallest absolute Gasteiger partial charge is 0.0546 e. The largest absolute Gasteiger partial charge is 0.310 e. The molecular formula is C51H37N. The van der Waals surface area contributed by atoms with Gasteiger partial charge in [0.25, 0.3) is 0 Å². The van der Waals surface area contributed by atoms with Crippen LogP contribution in [0.5, 0.6) is 0 Å². The van der Waals surface area contributed by atoms with E-state index in [2.05, 4.69) is 207 Å². The van der Waals surface area contributed by atoms with Crippen molar-refractivity contribution >= 4 is 49.4 Å². The molecule has 0 amide bonds. The van der Waals surface area contributed by atoms with E-state index >= 15 is 0 Å². The Balaban J connectivity index is 1.27. The SMILES string of the molecule is CC1(C)c2c(-c3cccc4ccccc34)cccc2-c2c(N(c3ccc(-c4ccccc4)cc3)c3ccc4ccccc4c3)ccc3cccc1c23. The lowest BCUT2D eigenvalue weighted by molar-refractivity contribution is 0.647. The van der Waals surface area contributed by atoms with Gasteiger partial charge in [-0.2, -0.15) is 0 Å². The second kappa shape index (κ2) is 11.8. The van der Waals surface area contributed by atoms with Gasteiger partial charge in [0.2, 0.25) is 0 Å². The molecule has 10 rings (SSSR count). The molecule has 1 heteroatoms. The summed E-state index contributed by atoms with van der Waals surface area (Å²) in [7, 11) is 0. The van der Waals surface area contributed by atoms with E-state index in [1.165, 1.54) is 82.5 Å². The number of anilines is 3. The lowest BCUT2D eigenvalue weighted by Crippen LogP contribution is -2.25. The summed E-state index contributed by atoms with van der Waals surface area (Å²) in [5.41, 5.74) is 13.5. The molecule has 0 saturated heterocycles. The Morgan fingerprint density at radius 1 is 0.404 bits per heavy atom. The molecule has 0 spiro atoms. The lowest BCUT2D eigenvalue weighted by Gasteiger charge is -2.39. The first-order valence-electron chi connectivity index (χ1n) is 18.2. The van der Waals surface area contributed by atoms with Gasteiger partial charge in [-0.25, -0.2) is 0 Å². The Labute approximate surface area is 305 Å². The molecule has 0 radical (unpaired) electrons. The van der Waals surface area contributed by atoms with Crippen LogP contribution in [0.1, 0.15) is 25.0 Å². The van der Waals surface area contributed by atoms with Crippen LogP contribution in [-0.4, -0.2) is 0 Å². The van der Waals surface area contributed by atoms with Gasteiger partial charge in [-0.3, -0.25) is 0 Å². The summed E-state index contributed by atoms with van der Waals surface area (Å²) in [4.78, 5) is 2.47. The molecule has 0 unspecified atom stereocenters. The summed E-state index contributed by atoms with van der Waals surface area (Å²) in [6.45, 7) is 4.82. The van der Waals surface area contributed by atoms with Gasteiger partial charge in [-0.05, 0) is 102 Å². The zero-order valence-electron chi connectivity index (χ0n) is 29.3. The van der Waals surface area contributed by atoms with Crippen molar-refractivity contribution < 1.29 is 0 Å². The van der Waals surface area contributed by atoms with E-state index in [0.717, 1.165) is 11.4 Å². The molecule has 1 aliphatic carbocycles. The first-order chi connectivity index (χ1) is 25.6. The third-order valence-corrected chi connectivity index (χ3v) is 11.2. The molecule has 1 aliphatic rings. The number of hydrogen-bond donors (Lipinski definition) is 0. The second-order valence-electron chi connectivity index (χ2n) is 14.5. The van der Waals surface area contributed by atoms with Crippen LogP contribution >= 0.6 is 0 Å². The van der Waals surface area contributed by atoms with Crippen LogP contribution in [0.4, 0.5) is 17.1 Å². The van der Waals surface area contributed by atoms with E-state index in [0.29, 0.717) is 0 Å². The summed E-state index contributed by atoms with van der Waals surface area (Å²) in [6.07, 6.45) is 0. The molecule has 52 heavy (non-hydrogen) atoms. The highest BCUT2D eigenvalue weighted by Crippen LogP contribution is 2.56. The van der Waals surface area contributed by atoms with E-state index in [1.54, 1.807) is 0 Å². The van der Waals surface area contributed by atoms with E-state index in [1.807, 2.05) is 0 Å². The average molecular weight is 664 g/mol. The van der Waals surface area contributed by atoms with Crippen molar-refractivity contribution in [2.24, 2.45) is 0 Å². The van der Waals surface area contributed by atoms with Gasteiger partial charge in [0.15, 0.2) is 0 Å². The van der Waals surface area contributed by atoms with Gasteiger partial charge < -0.3 is 4.90 Å². The van der Waals surface area contributed by atoms with Crippen molar-refractivity contribution in [3.05, 3.63) is 199 Å². The minimum Gasteiger partial charge on any atom is -0.310 e. The van der Waals surface area contributed by atoms with Crippen molar-refractivity contribution in [3.63, 3.8) is 0 Å². The number of fused-ring (bicyclic) bond motifs is 4. The predicted molar refractivity (Wildman–Crippen MR) is 222 cm³/mol. The van der Waals surface area contributed by atoms with Gasteiger partial charge in [-0.15, -0.1) is 0 Å². The van der Waals surface area contributed by atoms with Crippen LogP contribution in [-0.2, 0) is 5.41 Å². The molecule has 0 saturated carbocycles. The Bertz CT molecular complexity index is 2800. The molecule has 9 aromatic carbocycles. The monoisotopic (exact) mass is 663 g/mol. The number of nitrogens with zero attached hydrogens (tertiary/aromatic N) is 1. The minimum absolute atomic E-state index is 0.237. The fourth-order valence-corrected chi connectivity index (χ4v) is 8.78. The van der Waals surface area contributed by atoms with E-state index in [4.69, 9.17) is 0 Å². The van der Waals surface area contributed by atoms with E-state index in [-0.39, 0.29) is 5.41 Å². The van der Waals surface area contributed by atoms with Crippen LogP contribution in [0.3, 0.4) is 0 Å². The molecule has 0 bridgehead atoms. The van der Waals surface area contributed by atoms with Gasteiger partial charge in [0.1, 0.15) is 0 Å². The molecule has 9 aromatic rings. The summed E-state index contributed by atoms with van der Waals surface area (Å²) in [5, 5.41) is 7.60. The Hall–Kier alpha value is -6.44. The molecule has 0 atom stereocenters. The van der Waals surface area contributed by atoms with E-state index in [9.17, 15) is 0 Å². The minimum atomic E-state index is -0.237. The van der Waals surface area contributed by atoms with Gasteiger partial charge >= 0.3 is 0 Å². The molecule has 0 aromatic heterocycles. The summed E-state index contributed by atoms with van der Waals surface area (Å²) >= 11 is 0. The first-order valence-corrected chi connectivity index (χ1v) is 18.2. The number of benzene rings is 9. The summed E-state index contributed by atoms with van der Waals surface area (Å²) in [5.74, 6) is 0. The molecule has 246 valence electrons. The molecule has 1 nitrogen and oxygen atoms in total. The normalized spacial score (nSPS) is 13.0. The average Bonchev–Trinajstić information content (AvgIpc) is 3.20. The Morgan fingerprint density at radius 2 is 1.00 bits per heavy atom. The maximum absolute atomic E-state index is 2.47. The molecule has 0 aliphatic heterocycles. The fraction of sp³-hybridized carbons (Fsp3) is 0.0588.